The van der Waals surface area contributed by atoms with Crippen molar-refractivity contribution in [2.75, 3.05) is 17.2 Å². The smallest absolute Gasteiger partial charge is 0.340 e. The zero-order valence-corrected chi connectivity index (χ0v) is 16.4. The van der Waals surface area contributed by atoms with E-state index in [1.807, 2.05) is 6.92 Å². The standard InChI is InChI=1S/C23H23N3O3/c1-3-29-23(28)19-6-4-5-7-20(19)26-22(27)18-12-13-21(25-15-18)24-14-17-10-8-16(2)9-11-17/h4-13,15H,3,14H2,1-2H3,(H,24,25)(H,26,27). The van der Waals surface area contributed by atoms with Gasteiger partial charge in [0, 0.05) is 12.7 Å². The Balaban J connectivity index is 1.63. The molecule has 6 heteroatoms. The van der Waals surface area contributed by atoms with E-state index in [1.165, 1.54) is 11.8 Å². The Morgan fingerprint density at radius 1 is 1.00 bits per heavy atom. The molecule has 0 atom stereocenters. The maximum atomic E-state index is 12.5. The number of carbonyl (C=O) groups is 2. The number of hydrogen-bond donors (Lipinski definition) is 2. The molecule has 0 radical (unpaired) electrons. The predicted octanol–water partition coefficient (Wildman–Crippen LogP) is 4.43. The molecule has 1 amide bonds. The minimum Gasteiger partial charge on any atom is -0.462 e. The highest BCUT2D eigenvalue weighted by atomic mass is 16.5. The van der Waals surface area contributed by atoms with Gasteiger partial charge >= 0.3 is 5.97 Å². The molecule has 0 spiro atoms. The summed E-state index contributed by atoms with van der Waals surface area (Å²) in [7, 11) is 0. The van der Waals surface area contributed by atoms with Crippen molar-refractivity contribution in [2.45, 2.75) is 20.4 Å². The largest absolute Gasteiger partial charge is 0.462 e. The molecule has 3 aromatic rings. The van der Waals surface area contributed by atoms with Gasteiger partial charge in [0.05, 0.1) is 23.4 Å². The maximum Gasteiger partial charge on any atom is 0.340 e. The van der Waals surface area contributed by atoms with Crippen LogP contribution in [0.4, 0.5) is 11.5 Å². The minimum atomic E-state index is -0.475. The average molecular weight is 389 g/mol. The van der Waals surface area contributed by atoms with Gasteiger partial charge in [-0.15, -0.1) is 0 Å². The third-order valence-corrected chi connectivity index (χ3v) is 4.29. The van der Waals surface area contributed by atoms with Crippen LogP contribution in [0, 0.1) is 6.92 Å². The van der Waals surface area contributed by atoms with Crippen molar-refractivity contribution in [3.8, 4) is 0 Å². The van der Waals surface area contributed by atoms with Crippen LogP contribution in [0.1, 0.15) is 38.8 Å². The number of anilines is 2. The first-order valence-electron chi connectivity index (χ1n) is 9.40. The van der Waals surface area contributed by atoms with Crippen molar-refractivity contribution in [2.24, 2.45) is 0 Å². The monoisotopic (exact) mass is 389 g/mol. The first-order chi connectivity index (χ1) is 14.1. The number of aryl methyl sites for hydroxylation is 1. The zero-order chi connectivity index (χ0) is 20.6. The molecule has 3 rings (SSSR count). The van der Waals surface area contributed by atoms with Crippen molar-refractivity contribution in [3.05, 3.63) is 89.1 Å². The van der Waals surface area contributed by atoms with Gasteiger partial charge in [-0.25, -0.2) is 9.78 Å². The Morgan fingerprint density at radius 2 is 1.76 bits per heavy atom. The first kappa shape index (κ1) is 20.1. The van der Waals surface area contributed by atoms with Crippen LogP contribution >= 0.6 is 0 Å². The summed E-state index contributed by atoms with van der Waals surface area (Å²) in [5.41, 5.74) is 3.47. The first-order valence-corrected chi connectivity index (χ1v) is 9.40. The third kappa shape index (κ3) is 5.42. The van der Waals surface area contributed by atoms with Crippen LogP contribution in [-0.2, 0) is 11.3 Å². The van der Waals surface area contributed by atoms with E-state index in [9.17, 15) is 9.59 Å². The summed E-state index contributed by atoms with van der Waals surface area (Å²) in [6, 6.07) is 18.4. The molecule has 0 bridgehead atoms. The summed E-state index contributed by atoms with van der Waals surface area (Å²) in [5.74, 6) is -0.148. The fourth-order valence-electron chi connectivity index (χ4n) is 2.70. The van der Waals surface area contributed by atoms with Gasteiger partial charge in [-0.3, -0.25) is 4.79 Å². The SMILES string of the molecule is CCOC(=O)c1ccccc1NC(=O)c1ccc(NCc2ccc(C)cc2)nc1. The van der Waals surface area contributed by atoms with Crippen molar-refractivity contribution in [1.82, 2.24) is 4.98 Å². The number of aromatic nitrogens is 1. The number of nitrogens with one attached hydrogen (secondary N) is 2. The second-order valence-electron chi connectivity index (χ2n) is 6.49. The summed E-state index contributed by atoms with van der Waals surface area (Å²) < 4.78 is 5.03. The van der Waals surface area contributed by atoms with Crippen LogP contribution < -0.4 is 10.6 Å². The van der Waals surface area contributed by atoms with E-state index in [-0.39, 0.29) is 12.5 Å². The Kier molecular flexibility index (Phi) is 6.58. The molecule has 0 saturated carbocycles. The molecule has 0 saturated heterocycles. The fraction of sp³-hybridized carbons (Fsp3) is 0.174. The van der Waals surface area contributed by atoms with Crippen molar-refractivity contribution in [1.29, 1.82) is 0 Å². The summed E-state index contributed by atoms with van der Waals surface area (Å²) in [6.45, 7) is 4.70. The van der Waals surface area contributed by atoms with Gasteiger partial charge in [0.1, 0.15) is 5.82 Å². The van der Waals surface area contributed by atoms with Gasteiger partial charge in [0.25, 0.3) is 5.91 Å². The van der Waals surface area contributed by atoms with Crippen molar-refractivity contribution >= 4 is 23.4 Å². The highest BCUT2D eigenvalue weighted by molar-refractivity contribution is 6.07. The van der Waals surface area contributed by atoms with E-state index in [4.69, 9.17) is 4.74 Å². The third-order valence-electron chi connectivity index (χ3n) is 4.29. The molecule has 0 aliphatic heterocycles. The molecule has 6 nitrogen and oxygen atoms in total. The van der Waals surface area contributed by atoms with E-state index in [1.54, 1.807) is 43.3 Å². The molecule has 29 heavy (non-hydrogen) atoms. The fourth-order valence-corrected chi connectivity index (χ4v) is 2.70. The van der Waals surface area contributed by atoms with Crippen LogP contribution in [0.25, 0.3) is 0 Å². The van der Waals surface area contributed by atoms with Gasteiger partial charge in [-0.05, 0) is 43.7 Å². The molecular weight excluding hydrogens is 366 g/mol. The molecule has 0 aliphatic carbocycles. The van der Waals surface area contributed by atoms with Crippen LogP contribution in [0.15, 0.2) is 66.9 Å². The van der Waals surface area contributed by atoms with Gasteiger partial charge in [0.15, 0.2) is 0 Å². The summed E-state index contributed by atoms with van der Waals surface area (Å²) in [6.07, 6.45) is 1.50. The van der Waals surface area contributed by atoms with E-state index in [0.717, 1.165) is 5.56 Å². The lowest BCUT2D eigenvalue weighted by molar-refractivity contribution is 0.0527. The van der Waals surface area contributed by atoms with E-state index in [2.05, 4.69) is 39.9 Å². The van der Waals surface area contributed by atoms with Crippen molar-refractivity contribution < 1.29 is 14.3 Å². The van der Waals surface area contributed by atoms with Crippen LogP contribution in [0.5, 0.6) is 0 Å². The van der Waals surface area contributed by atoms with Crippen LogP contribution in [0.2, 0.25) is 0 Å². The Labute approximate surface area is 169 Å². The zero-order valence-electron chi connectivity index (χ0n) is 16.4. The van der Waals surface area contributed by atoms with Crippen LogP contribution in [-0.4, -0.2) is 23.5 Å². The lowest BCUT2D eigenvalue weighted by Gasteiger charge is -2.11. The Morgan fingerprint density at radius 3 is 2.45 bits per heavy atom. The lowest BCUT2D eigenvalue weighted by Crippen LogP contribution is -2.16. The molecule has 0 fully saturated rings. The lowest BCUT2D eigenvalue weighted by atomic mass is 10.1. The number of carbonyl (C=O) groups excluding carboxylic acids is 2. The van der Waals surface area contributed by atoms with Gasteiger partial charge in [-0.1, -0.05) is 42.0 Å². The quantitative estimate of drug-likeness (QED) is 0.584. The highest BCUT2D eigenvalue weighted by Crippen LogP contribution is 2.18. The molecule has 2 N–H and O–H groups in total. The molecular formula is C23H23N3O3. The predicted molar refractivity (Wildman–Crippen MR) is 113 cm³/mol. The summed E-state index contributed by atoms with van der Waals surface area (Å²) >= 11 is 0. The van der Waals surface area contributed by atoms with Gasteiger partial charge in [0.2, 0.25) is 0 Å². The molecule has 148 valence electrons. The number of esters is 1. The number of hydrogen-bond acceptors (Lipinski definition) is 5. The summed E-state index contributed by atoms with van der Waals surface area (Å²) in [4.78, 5) is 28.9. The van der Waals surface area contributed by atoms with Crippen molar-refractivity contribution in [3.63, 3.8) is 0 Å². The topological polar surface area (TPSA) is 80.3 Å². The minimum absolute atomic E-state index is 0.266. The number of rotatable bonds is 7. The molecule has 2 aromatic carbocycles. The van der Waals surface area contributed by atoms with E-state index in [0.29, 0.717) is 29.2 Å². The van der Waals surface area contributed by atoms with E-state index >= 15 is 0 Å². The Bertz CT molecular complexity index is 983. The number of benzene rings is 2. The van der Waals surface area contributed by atoms with E-state index < -0.39 is 5.97 Å². The summed E-state index contributed by atoms with van der Waals surface area (Å²) in [5, 5.41) is 5.98. The maximum absolute atomic E-state index is 12.5. The average Bonchev–Trinajstić information content (AvgIpc) is 2.74. The Hall–Kier alpha value is -3.67. The second kappa shape index (κ2) is 9.50. The molecule has 0 aliphatic rings. The van der Waals surface area contributed by atoms with Gasteiger partial charge in [-0.2, -0.15) is 0 Å². The molecule has 0 unspecified atom stereocenters. The van der Waals surface area contributed by atoms with Gasteiger partial charge < -0.3 is 15.4 Å². The number of pyridine rings is 1. The second-order valence-corrected chi connectivity index (χ2v) is 6.49. The normalized spacial score (nSPS) is 10.3. The number of nitrogens with zero attached hydrogens (tertiary/aromatic N) is 1. The van der Waals surface area contributed by atoms with Crippen LogP contribution in [0.3, 0.4) is 0 Å². The number of ether oxygens (including phenoxy) is 1. The number of para-hydroxylation sites is 1. The highest BCUT2D eigenvalue weighted by Gasteiger charge is 2.15. The number of amides is 1. The molecule has 1 aromatic heterocycles. The molecule has 1 heterocycles.